The van der Waals surface area contributed by atoms with Gasteiger partial charge in [0, 0.05) is 79.5 Å². The Morgan fingerprint density at radius 2 is 0.923 bits per heavy atom. The fourth-order valence-corrected chi connectivity index (χ4v) is 10.0. The van der Waals surface area contributed by atoms with Crippen LogP contribution >= 0.6 is 0 Å². The smallest absolute Gasteiger partial charge is 0.311 e. The number of carbonyl (C=O) groups excluding carboxylic acids is 3. The minimum atomic E-state index is -1.24. The molecule has 8 bridgehead atoms. The molecule has 0 radical (unpaired) electrons. The van der Waals surface area contributed by atoms with Crippen LogP contribution in [0.2, 0.25) is 0 Å². The maximum absolute atomic E-state index is 14.7. The number of aromatic nitrogens is 4. The Morgan fingerprint density at radius 1 is 0.551 bits per heavy atom. The molecule has 0 aliphatic carbocycles. The molecule has 0 saturated carbocycles. The summed E-state index contributed by atoms with van der Waals surface area (Å²) >= 11 is 0. The molecular formula is C63H105N5O10. The van der Waals surface area contributed by atoms with Crippen molar-refractivity contribution < 1.29 is 47.5 Å². The Hall–Kier alpha value is -5.77. The third kappa shape index (κ3) is 15.1. The summed E-state index contributed by atoms with van der Waals surface area (Å²) < 4.78 is 40.6. The number of H-pyrrole nitrogens is 4. The maximum atomic E-state index is 14.7. The molecule has 1 amide bonds. The lowest BCUT2D eigenvalue weighted by Crippen LogP contribution is -2.43. The molecule has 3 unspecified atom stereocenters. The van der Waals surface area contributed by atoms with Gasteiger partial charge in [0.15, 0.2) is 11.5 Å². The molecule has 0 fully saturated rings. The van der Waals surface area contributed by atoms with E-state index in [0.29, 0.717) is 69.9 Å². The minimum absolute atomic E-state index is 0. The Labute approximate surface area is 470 Å². The summed E-state index contributed by atoms with van der Waals surface area (Å²) in [6.45, 7) is 25.6. The Bertz CT molecular complexity index is 2540. The van der Waals surface area contributed by atoms with E-state index in [1.54, 1.807) is 32.0 Å². The second-order valence-electron chi connectivity index (χ2n) is 21.9. The van der Waals surface area contributed by atoms with Crippen molar-refractivity contribution in [2.24, 2.45) is 16.7 Å². The number of nitrogens with one attached hydrogen (secondary N) is 5. The third-order valence-electron chi connectivity index (χ3n) is 15.3. The zero-order chi connectivity index (χ0) is 51.4. The second-order valence-corrected chi connectivity index (χ2v) is 21.9. The first-order valence-electron chi connectivity index (χ1n) is 25.1. The van der Waals surface area contributed by atoms with E-state index in [9.17, 15) is 14.4 Å². The van der Waals surface area contributed by atoms with Gasteiger partial charge in [0.1, 0.15) is 19.8 Å². The first kappa shape index (κ1) is 72.2. The molecule has 15 nitrogen and oxygen atoms in total. The summed E-state index contributed by atoms with van der Waals surface area (Å²) in [5.74, 6) is -1.02. The van der Waals surface area contributed by atoms with Gasteiger partial charge in [-0.05, 0) is 142 Å². The number of hydrogen-bond donors (Lipinski definition) is 5. The van der Waals surface area contributed by atoms with Crippen molar-refractivity contribution in [2.45, 2.75) is 169 Å². The number of carbonyl (C=O) groups is 3. The Kier molecular flexibility index (Phi) is 26.8. The highest BCUT2D eigenvalue weighted by Crippen LogP contribution is 2.45. The molecule has 0 spiro atoms. The molecular weight excluding hydrogens is 987 g/mol. The molecule has 78 heavy (non-hydrogen) atoms. The monoisotopic (exact) mass is 1090 g/mol. The number of benzene rings is 1. The number of rotatable bonds is 11. The zero-order valence-corrected chi connectivity index (χ0v) is 44.0. The largest absolute Gasteiger partial charge is 0.487 e. The number of fused-ring (bicyclic) bond motifs is 9. The van der Waals surface area contributed by atoms with E-state index < -0.39 is 44.9 Å². The standard InChI is InChI=1S/C56H77N5O10.7CH4/c1-13-54(9,34-55(10,49(63)65-12)33-36(2)48(62)57-37-14-15-38-39(32-37)70-31-29-68-27-25-66-24-26-67-28-30-69-38)50(64)71-35-56(11)46-22-20-44(60-46)52(5,6)42-18-16-40(58-42)51(3,4)41-17-19-43(59-41)53(7,8)45-21-23-47(56)61-45;;;;;;;/h14-23,32,36,58-61H,13,24-31,33-35H2,1-12H3,(H,57,62);7*1H4. The summed E-state index contributed by atoms with van der Waals surface area (Å²) in [5, 5.41) is 3.00. The molecule has 1 aromatic carbocycles. The van der Waals surface area contributed by atoms with Crippen molar-refractivity contribution in [1.82, 2.24) is 19.9 Å². The van der Waals surface area contributed by atoms with Gasteiger partial charge in [-0.15, -0.1) is 0 Å². The lowest BCUT2D eigenvalue weighted by atomic mass is 9.68. The van der Waals surface area contributed by atoms with Crippen LogP contribution in [-0.4, -0.2) is 104 Å². The maximum Gasteiger partial charge on any atom is 0.311 e. The van der Waals surface area contributed by atoms with Gasteiger partial charge in [0.05, 0.1) is 63.0 Å². The van der Waals surface area contributed by atoms with Crippen LogP contribution in [0.3, 0.4) is 0 Å². The van der Waals surface area contributed by atoms with Crippen molar-refractivity contribution in [3.63, 3.8) is 0 Å². The molecule has 5 N–H and O–H groups in total. The fourth-order valence-electron chi connectivity index (χ4n) is 10.0. The van der Waals surface area contributed by atoms with E-state index in [-0.39, 0.29) is 89.4 Å². The number of esters is 2. The lowest BCUT2D eigenvalue weighted by Gasteiger charge is -2.38. The summed E-state index contributed by atoms with van der Waals surface area (Å²) in [6, 6.07) is 22.3. The molecule has 2 aliphatic rings. The van der Waals surface area contributed by atoms with Crippen LogP contribution in [-0.2, 0) is 59.7 Å². The van der Waals surface area contributed by atoms with Crippen LogP contribution in [0.1, 0.15) is 193 Å². The van der Waals surface area contributed by atoms with Crippen LogP contribution in [0.15, 0.2) is 66.7 Å². The van der Waals surface area contributed by atoms with Gasteiger partial charge in [0.25, 0.3) is 0 Å². The van der Waals surface area contributed by atoms with Crippen molar-refractivity contribution in [2.75, 3.05) is 71.9 Å². The summed E-state index contributed by atoms with van der Waals surface area (Å²) in [6.07, 6.45) is 0.543. The minimum Gasteiger partial charge on any atom is -0.487 e. The average Bonchev–Trinajstić information content (AvgIpc) is 4.19. The highest BCUT2D eigenvalue weighted by molar-refractivity contribution is 5.93. The normalized spacial score (nSPS) is 18.1. The quantitative estimate of drug-likeness (QED) is 0.0796. The molecule has 2 aliphatic heterocycles. The molecule has 5 aromatic rings. The van der Waals surface area contributed by atoms with Crippen molar-refractivity contribution in [3.05, 3.63) is 112 Å². The number of hydrogen-bond acceptors (Lipinski definition) is 10. The topological polar surface area (TPSA) is 191 Å². The van der Waals surface area contributed by atoms with Crippen molar-refractivity contribution in [3.8, 4) is 11.5 Å². The van der Waals surface area contributed by atoms with Crippen molar-refractivity contribution >= 4 is 23.5 Å². The average molecular weight is 1090 g/mol. The van der Waals surface area contributed by atoms with Crippen molar-refractivity contribution in [1.29, 1.82) is 0 Å². The van der Waals surface area contributed by atoms with Gasteiger partial charge in [-0.25, -0.2) is 0 Å². The second kappa shape index (κ2) is 28.9. The van der Waals surface area contributed by atoms with Gasteiger partial charge in [-0.3, -0.25) is 14.4 Å². The van der Waals surface area contributed by atoms with Gasteiger partial charge in [0.2, 0.25) is 5.91 Å². The number of methoxy groups -OCH3 is 1. The predicted octanol–water partition coefficient (Wildman–Crippen LogP) is 14.1. The van der Waals surface area contributed by atoms with Gasteiger partial charge >= 0.3 is 11.9 Å². The molecule has 7 rings (SSSR count). The molecule has 3 atom stereocenters. The molecule has 0 saturated heterocycles. The summed E-state index contributed by atoms with van der Waals surface area (Å²) in [5.41, 5.74) is 4.19. The first-order chi connectivity index (χ1) is 33.6. The highest BCUT2D eigenvalue weighted by atomic mass is 16.6. The third-order valence-corrected chi connectivity index (χ3v) is 15.3. The van der Waals surface area contributed by atoms with E-state index in [4.69, 9.17) is 33.2 Å². The SMILES string of the molecule is C.C.C.C.C.C.C.CCC(C)(CC(C)(CC(C)C(=O)Nc1ccc2c(c1)OCCOCCOCCOCCO2)C(=O)OC)C(=O)OCC1(C)c2ccc([nH]2)C(C)(C)c2ccc([nH]2)C(C)(C)c2ccc([nH]2)C(C)(C)c2ccc1[nH]2. The number of ether oxygens (including phenoxy) is 7. The van der Waals surface area contributed by atoms with Gasteiger partial charge < -0.3 is 58.4 Å². The van der Waals surface area contributed by atoms with Gasteiger partial charge in [-0.1, -0.05) is 65.8 Å². The molecule has 442 valence electrons. The van der Waals surface area contributed by atoms with E-state index in [1.165, 1.54) is 7.11 Å². The molecule has 4 aromatic heterocycles. The Balaban J connectivity index is 0.00000847. The van der Waals surface area contributed by atoms with E-state index in [2.05, 4.69) is 122 Å². The summed E-state index contributed by atoms with van der Waals surface area (Å²) in [4.78, 5) is 57.6. The number of amides is 1. The first-order valence-corrected chi connectivity index (χ1v) is 25.1. The van der Waals surface area contributed by atoms with Crippen LogP contribution in [0.5, 0.6) is 11.5 Å². The van der Waals surface area contributed by atoms with Crippen LogP contribution < -0.4 is 14.8 Å². The van der Waals surface area contributed by atoms with E-state index in [1.807, 2.05) is 13.8 Å². The highest BCUT2D eigenvalue weighted by Gasteiger charge is 2.48. The van der Waals surface area contributed by atoms with Crippen LogP contribution in [0, 0.1) is 16.7 Å². The summed E-state index contributed by atoms with van der Waals surface area (Å²) in [7, 11) is 1.33. The van der Waals surface area contributed by atoms with E-state index >= 15 is 0 Å². The van der Waals surface area contributed by atoms with Gasteiger partial charge in [-0.2, -0.15) is 0 Å². The zero-order valence-electron chi connectivity index (χ0n) is 44.0. The van der Waals surface area contributed by atoms with E-state index in [0.717, 1.165) is 45.6 Å². The van der Waals surface area contributed by atoms with Crippen LogP contribution in [0.4, 0.5) is 5.69 Å². The molecule has 15 heteroatoms. The fraction of sp³-hybridized carbons (Fsp3) is 0.603. The Morgan fingerprint density at radius 3 is 1.32 bits per heavy atom. The predicted molar refractivity (Wildman–Crippen MR) is 320 cm³/mol. The lowest BCUT2D eigenvalue weighted by molar-refractivity contribution is -0.164. The number of aromatic amines is 4. The van der Waals surface area contributed by atoms with Crippen LogP contribution in [0.25, 0.3) is 0 Å². The number of anilines is 1. The molecule has 6 heterocycles.